The molecule has 1 atom stereocenters. The first-order valence-electron chi connectivity index (χ1n) is 10.1. The third-order valence-corrected chi connectivity index (χ3v) is 7.36. The van der Waals surface area contributed by atoms with Crippen molar-refractivity contribution < 1.29 is 14.6 Å². The first-order valence-corrected chi connectivity index (χ1v) is 12.1. The Bertz CT molecular complexity index is 979. The predicted octanol–water partition coefficient (Wildman–Crippen LogP) is 5.46. The highest BCUT2D eigenvalue weighted by Gasteiger charge is 2.48. The molecule has 2 aromatic rings. The standard InChI is InChI=1S/C22H23Br2ClN2O3/c1-2-30-21(28)27-7-5-15(6-8-27)22(29)19-13(10-17(25)11-18(19)24)3-4-14-9-16(23)12-26-20(14)22/h9-12,15,29H,2-8H2,1H3. The molecule has 1 saturated heterocycles. The number of carbonyl (C=O) groups excluding carboxylic acids is 1. The van der Waals surface area contributed by atoms with Crippen LogP contribution in [0.4, 0.5) is 4.79 Å². The van der Waals surface area contributed by atoms with Crippen LogP contribution in [0.15, 0.2) is 33.3 Å². The highest BCUT2D eigenvalue weighted by atomic mass is 79.9. The van der Waals surface area contributed by atoms with E-state index in [0.717, 1.165) is 38.5 Å². The molecule has 1 aliphatic heterocycles. The lowest BCUT2D eigenvalue weighted by molar-refractivity contribution is -0.0183. The number of aryl methyl sites for hydroxylation is 2. The predicted molar refractivity (Wildman–Crippen MR) is 123 cm³/mol. The summed E-state index contributed by atoms with van der Waals surface area (Å²) < 4.78 is 6.83. The molecule has 0 saturated carbocycles. The van der Waals surface area contributed by atoms with Gasteiger partial charge >= 0.3 is 6.09 Å². The molecular weight excluding hydrogens is 536 g/mol. The highest BCUT2D eigenvalue weighted by Crippen LogP contribution is 2.49. The lowest BCUT2D eigenvalue weighted by Gasteiger charge is -2.42. The highest BCUT2D eigenvalue weighted by molar-refractivity contribution is 9.10. The summed E-state index contributed by atoms with van der Waals surface area (Å²) >= 11 is 13.5. The molecule has 4 rings (SSSR count). The Kier molecular flexibility index (Phi) is 6.45. The van der Waals surface area contributed by atoms with E-state index in [2.05, 4.69) is 31.9 Å². The second kappa shape index (κ2) is 8.77. The van der Waals surface area contributed by atoms with E-state index in [-0.39, 0.29) is 12.0 Å². The van der Waals surface area contributed by atoms with Crippen LogP contribution in [0.5, 0.6) is 0 Å². The minimum absolute atomic E-state index is 0.0927. The van der Waals surface area contributed by atoms with Crippen molar-refractivity contribution in [1.29, 1.82) is 0 Å². The maximum Gasteiger partial charge on any atom is 0.409 e. The number of hydrogen-bond donors (Lipinski definition) is 1. The molecule has 30 heavy (non-hydrogen) atoms. The summed E-state index contributed by atoms with van der Waals surface area (Å²) in [7, 11) is 0. The van der Waals surface area contributed by atoms with Crippen LogP contribution in [-0.2, 0) is 23.2 Å². The summed E-state index contributed by atoms with van der Waals surface area (Å²) in [6.45, 7) is 3.24. The van der Waals surface area contributed by atoms with E-state index in [0.29, 0.717) is 43.3 Å². The number of amides is 1. The van der Waals surface area contributed by atoms with Crippen molar-refractivity contribution in [2.24, 2.45) is 5.92 Å². The van der Waals surface area contributed by atoms with Crippen molar-refractivity contribution in [3.05, 3.63) is 60.7 Å². The average Bonchev–Trinajstić information content (AvgIpc) is 2.83. The Morgan fingerprint density at radius 2 is 1.97 bits per heavy atom. The molecule has 2 heterocycles. The van der Waals surface area contributed by atoms with Crippen molar-refractivity contribution in [3.8, 4) is 0 Å². The van der Waals surface area contributed by atoms with Gasteiger partial charge in [0.25, 0.3) is 0 Å². The minimum atomic E-state index is -1.27. The van der Waals surface area contributed by atoms with E-state index in [1.54, 1.807) is 18.0 Å². The van der Waals surface area contributed by atoms with Gasteiger partial charge in [0, 0.05) is 44.7 Å². The number of nitrogens with zero attached hydrogens (tertiary/aromatic N) is 2. The number of hydrogen-bond acceptors (Lipinski definition) is 4. The molecule has 1 unspecified atom stereocenters. The van der Waals surface area contributed by atoms with Gasteiger partial charge in [-0.3, -0.25) is 4.98 Å². The van der Waals surface area contributed by atoms with E-state index in [1.165, 1.54) is 0 Å². The fourth-order valence-electron chi connectivity index (χ4n) is 4.75. The van der Waals surface area contributed by atoms with E-state index < -0.39 is 5.60 Å². The van der Waals surface area contributed by atoms with Gasteiger partial charge in [0.1, 0.15) is 5.60 Å². The average molecular weight is 559 g/mol. The molecule has 1 aromatic carbocycles. The molecule has 1 aromatic heterocycles. The van der Waals surface area contributed by atoms with Gasteiger partial charge in [0.15, 0.2) is 0 Å². The second-order valence-electron chi connectivity index (χ2n) is 7.81. The number of carbonyl (C=O) groups is 1. The summed E-state index contributed by atoms with van der Waals surface area (Å²) in [5.41, 5.74) is 2.32. The molecule has 1 amide bonds. The van der Waals surface area contributed by atoms with Crippen LogP contribution in [0.2, 0.25) is 5.02 Å². The smallest absolute Gasteiger partial charge is 0.409 e. The number of benzene rings is 1. The molecular formula is C22H23Br2ClN2O3. The van der Waals surface area contributed by atoms with E-state index in [9.17, 15) is 9.90 Å². The van der Waals surface area contributed by atoms with E-state index in [4.69, 9.17) is 21.3 Å². The van der Waals surface area contributed by atoms with Crippen molar-refractivity contribution >= 4 is 49.6 Å². The van der Waals surface area contributed by atoms with Crippen LogP contribution < -0.4 is 0 Å². The molecule has 1 aliphatic carbocycles. The monoisotopic (exact) mass is 556 g/mol. The maximum absolute atomic E-state index is 12.4. The van der Waals surface area contributed by atoms with Crippen molar-refractivity contribution in [1.82, 2.24) is 9.88 Å². The normalized spacial score (nSPS) is 21.6. The number of fused-ring (bicyclic) bond motifs is 2. The summed E-state index contributed by atoms with van der Waals surface area (Å²) in [6, 6.07) is 5.83. The van der Waals surface area contributed by atoms with Crippen LogP contribution in [0.25, 0.3) is 0 Å². The van der Waals surface area contributed by atoms with Crippen molar-refractivity contribution in [2.45, 2.75) is 38.2 Å². The van der Waals surface area contributed by atoms with Gasteiger partial charge in [-0.05, 0) is 77.9 Å². The molecule has 8 heteroatoms. The summed E-state index contributed by atoms with van der Waals surface area (Å²) in [5.74, 6) is -0.0927. The Labute approximate surface area is 198 Å². The summed E-state index contributed by atoms with van der Waals surface area (Å²) in [5, 5.41) is 13.0. The molecule has 5 nitrogen and oxygen atoms in total. The maximum atomic E-state index is 12.4. The zero-order valence-electron chi connectivity index (χ0n) is 16.6. The second-order valence-corrected chi connectivity index (χ2v) is 10.0. The number of aliphatic hydroxyl groups is 1. The number of rotatable bonds is 2. The van der Waals surface area contributed by atoms with Gasteiger partial charge in [0.2, 0.25) is 0 Å². The Balaban J connectivity index is 1.79. The molecule has 1 N–H and O–H groups in total. The van der Waals surface area contributed by atoms with Crippen molar-refractivity contribution in [3.63, 3.8) is 0 Å². The van der Waals surface area contributed by atoms with Gasteiger partial charge < -0.3 is 14.7 Å². The Hall–Kier alpha value is -1.15. The van der Waals surface area contributed by atoms with Crippen LogP contribution in [0.1, 0.15) is 42.1 Å². The van der Waals surface area contributed by atoms with E-state index >= 15 is 0 Å². The largest absolute Gasteiger partial charge is 0.450 e. The zero-order chi connectivity index (χ0) is 21.5. The van der Waals surface area contributed by atoms with Gasteiger partial charge in [-0.2, -0.15) is 0 Å². The van der Waals surface area contributed by atoms with Crippen LogP contribution >= 0.6 is 43.5 Å². The molecule has 1 fully saturated rings. The van der Waals surface area contributed by atoms with Gasteiger partial charge in [0.05, 0.1) is 12.3 Å². The van der Waals surface area contributed by atoms with Crippen LogP contribution in [-0.4, -0.2) is 40.8 Å². The molecule has 0 bridgehead atoms. The Morgan fingerprint density at radius 1 is 1.27 bits per heavy atom. The number of ether oxygens (including phenoxy) is 1. The van der Waals surface area contributed by atoms with Gasteiger partial charge in [-0.25, -0.2) is 4.79 Å². The van der Waals surface area contributed by atoms with Crippen molar-refractivity contribution in [2.75, 3.05) is 19.7 Å². The molecule has 160 valence electrons. The summed E-state index contributed by atoms with van der Waals surface area (Å²) in [6.07, 6.45) is 4.29. The van der Waals surface area contributed by atoms with Gasteiger partial charge in [-0.1, -0.05) is 27.5 Å². The fraction of sp³-hybridized carbons (Fsp3) is 0.455. The Morgan fingerprint density at radius 3 is 2.67 bits per heavy atom. The third-order valence-electron chi connectivity index (χ3n) is 6.09. The lowest BCUT2D eigenvalue weighted by Crippen LogP contribution is -2.47. The third kappa shape index (κ3) is 3.90. The number of aromatic nitrogens is 1. The SMILES string of the molecule is CCOC(=O)N1CCC(C2(O)c3ncc(Br)cc3CCc3cc(Cl)cc(Br)c32)CC1. The number of piperidine rings is 1. The minimum Gasteiger partial charge on any atom is -0.450 e. The molecule has 0 spiro atoms. The quantitative estimate of drug-likeness (QED) is 0.532. The van der Waals surface area contributed by atoms with Gasteiger partial charge in [-0.15, -0.1) is 0 Å². The van der Waals surface area contributed by atoms with Crippen LogP contribution in [0, 0.1) is 5.92 Å². The lowest BCUT2D eigenvalue weighted by atomic mass is 9.72. The topological polar surface area (TPSA) is 62.7 Å². The molecule has 2 aliphatic rings. The number of likely N-dealkylation sites (tertiary alicyclic amines) is 1. The number of halogens is 3. The first kappa shape index (κ1) is 22.1. The zero-order valence-corrected chi connectivity index (χ0v) is 20.6. The van der Waals surface area contributed by atoms with Crippen LogP contribution in [0.3, 0.4) is 0 Å². The first-order chi connectivity index (χ1) is 14.3. The number of pyridine rings is 1. The van der Waals surface area contributed by atoms with E-state index in [1.807, 2.05) is 18.2 Å². The fourth-order valence-corrected chi connectivity index (χ4v) is 6.30. The summed E-state index contributed by atoms with van der Waals surface area (Å²) in [4.78, 5) is 18.6. The molecule has 0 radical (unpaired) electrons.